The number of hydrogen-bond acceptors (Lipinski definition) is 1. The first-order valence-electron chi connectivity index (χ1n) is 9.29. The van der Waals surface area contributed by atoms with Crippen molar-refractivity contribution in [2.24, 2.45) is 0 Å². The van der Waals surface area contributed by atoms with E-state index in [1.54, 1.807) is 0 Å². The average Bonchev–Trinajstić information content (AvgIpc) is 3.01. The molecule has 132 valence electrons. The van der Waals surface area contributed by atoms with Crippen LogP contribution in [-0.4, -0.2) is 4.98 Å². The number of aromatic nitrogens is 1. The standard InChI is InChI=1S/C20H21BrN2.C2H6/c1-13-5-7-14(8-6-13)12-22-19-4-2-3-16-17-11-15(21)9-10-18(17)23-20(16)19;1-2/h5-11,19,22-23H,2-4,12H2,1H3;1-2H3. The Morgan fingerprint density at radius 3 is 2.64 bits per heavy atom. The van der Waals surface area contributed by atoms with Crippen LogP contribution in [0.15, 0.2) is 46.9 Å². The predicted molar refractivity (Wildman–Crippen MR) is 111 cm³/mol. The molecule has 1 unspecified atom stereocenters. The number of fused-ring (bicyclic) bond motifs is 3. The van der Waals surface area contributed by atoms with Crippen molar-refractivity contribution >= 4 is 26.8 Å². The number of benzene rings is 2. The van der Waals surface area contributed by atoms with E-state index in [1.807, 2.05) is 13.8 Å². The summed E-state index contributed by atoms with van der Waals surface area (Å²) in [5, 5.41) is 5.12. The fourth-order valence-corrected chi connectivity index (χ4v) is 3.95. The molecule has 4 rings (SSSR count). The van der Waals surface area contributed by atoms with Gasteiger partial charge in [-0.15, -0.1) is 0 Å². The van der Waals surface area contributed by atoms with Gasteiger partial charge in [-0.3, -0.25) is 0 Å². The summed E-state index contributed by atoms with van der Waals surface area (Å²) in [6.45, 7) is 7.05. The molecule has 0 bridgehead atoms. The van der Waals surface area contributed by atoms with Gasteiger partial charge in [-0.05, 0) is 55.5 Å². The molecule has 0 saturated carbocycles. The molecule has 2 N–H and O–H groups in total. The van der Waals surface area contributed by atoms with Crippen molar-refractivity contribution in [2.45, 2.75) is 52.6 Å². The van der Waals surface area contributed by atoms with Gasteiger partial charge in [0.05, 0.1) is 0 Å². The third kappa shape index (κ3) is 3.99. The lowest BCUT2D eigenvalue weighted by atomic mass is 9.91. The number of rotatable bonds is 3. The Morgan fingerprint density at radius 2 is 1.88 bits per heavy atom. The van der Waals surface area contributed by atoms with E-state index in [0.29, 0.717) is 6.04 Å². The maximum absolute atomic E-state index is 3.75. The van der Waals surface area contributed by atoms with E-state index >= 15 is 0 Å². The second-order valence-corrected chi connectivity index (χ2v) is 7.43. The average molecular weight is 399 g/mol. The molecule has 0 saturated heterocycles. The number of aromatic amines is 1. The molecule has 2 aromatic carbocycles. The Kier molecular flexibility index (Phi) is 5.98. The SMILES string of the molecule is CC.Cc1ccc(CNC2CCCc3c2[nH]c2ccc(Br)cc32)cc1. The number of hydrogen-bond donors (Lipinski definition) is 2. The Balaban J connectivity index is 0.000000880. The first-order valence-corrected chi connectivity index (χ1v) is 10.1. The molecule has 25 heavy (non-hydrogen) atoms. The van der Waals surface area contributed by atoms with Crippen LogP contribution in [0, 0.1) is 6.92 Å². The third-order valence-electron chi connectivity index (χ3n) is 4.84. The molecule has 1 heterocycles. The lowest BCUT2D eigenvalue weighted by Gasteiger charge is -2.24. The number of halogens is 1. The van der Waals surface area contributed by atoms with Crippen LogP contribution in [0.25, 0.3) is 10.9 Å². The van der Waals surface area contributed by atoms with Gasteiger partial charge in [0.1, 0.15) is 0 Å². The van der Waals surface area contributed by atoms with Crippen LogP contribution in [0.2, 0.25) is 0 Å². The molecule has 0 aliphatic heterocycles. The van der Waals surface area contributed by atoms with Crippen LogP contribution in [0.3, 0.4) is 0 Å². The maximum atomic E-state index is 3.75. The largest absolute Gasteiger partial charge is 0.357 e. The van der Waals surface area contributed by atoms with Gasteiger partial charge < -0.3 is 10.3 Å². The fourth-order valence-electron chi connectivity index (χ4n) is 3.59. The van der Waals surface area contributed by atoms with Crippen LogP contribution < -0.4 is 5.32 Å². The van der Waals surface area contributed by atoms with E-state index in [1.165, 1.54) is 52.5 Å². The number of aryl methyl sites for hydroxylation is 2. The van der Waals surface area contributed by atoms with Gasteiger partial charge in [0.15, 0.2) is 0 Å². The minimum Gasteiger partial charge on any atom is -0.357 e. The normalized spacial score (nSPS) is 16.2. The Bertz CT molecular complexity index is 833. The summed E-state index contributed by atoms with van der Waals surface area (Å²) in [7, 11) is 0. The summed E-state index contributed by atoms with van der Waals surface area (Å²) in [4.78, 5) is 3.66. The van der Waals surface area contributed by atoms with Crippen molar-refractivity contribution in [3.8, 4) is 0 Å². The summed E-state index contributed by atoms with van der Waals surface area (Å²) in [5.74, 6) is 0. The minimum atomic E-state index is 0.422. The number of nitrogens with one attached hydrogen (secondary N) is 2. The molecular formula is C22H27BrN2. The van der Waals surface area contributed by atoms with Crippen LogP contribution in [0.5, 0.6) is 0 Å². The van der Waals surface area contributed by atoms with Crippen LogP contribution in [0.4, 0.5) is 0 Å². The predicted octanol–water partition coefficient (Wildman–Crippen LogP) is 6.43. The second kappa shape index (κ2) is 8.20. The molecule has 0 amide bonds. The molecule has 2 nitrogen and oxygen atoms in total. The highest BCUT2D eigenvalue weighted by Crippen LogP contribution is 2.35. The first kappa shape index (κ1) is 18.2. The van der Waals surface area contributed by atoms with E-state index < -0.39 is 0 Å². The second-order valence-electron chi connectivity index (χ2n) is 6.52. The topological polar surface area (TPSA) is 27.8 Å². The Labute approximate surface area is 159 Å². The molecule has 1 aliphatic rings. The fraction of sp³-hybridized carbons (Fsp3) is 0.364. The van der Waals surface area contributed by atoms with Crippen LogP contribution >= 0.6 is 15.9 Å². The van der Waals surface area contributed by atoms with E-state index in [2.05, 4.69) is 75.6 Å². The van der Waals surface area contributed by atoms with Crippen molar-refractivity contribution in [1.82, 2.24) is 10.3 Å². The van der Waals surface area contributed by atoms with E-state index in [4.69, 9.17) is 0 Å². The highest BCUT2D eigenvalue weighted by Gasteiger charge is 2.23. The highest BCUT2D eigenvalue weighted by molar-refractivity contribution is 9.10. The van der Waals surface area contributed by atoms with Gasteiger partial charge in [0.2, 0.25) is 0 Å². The molecule has 3 aromatic rings. The zero-order valence-electron chi connectivity index (χ0n) is 15.3. The Morgan fingerprint density at radius 1 is 1.12 bits per heavy atom. The lowest BCUT2D eigenvalue weighted by Crippen LogP contribution is -2.24. The Hall–Kier alpha value is -1.58. The van der Waals surface area contributed by atoms with Crippen molar-refractivity contribution in [3.63, 3.8) is 0 Å². The maximum Gasteiger partial charge on any atom is 0.0478 e. The molecule has 0 spiro atoms. The van der Waals surface area contributed by atoms with Gasteiger partial charge in [-0.25, -0.2) is 0 Å². The summed E-state index contributed by atoms with van der Waals surface area (Å²) in [5.41, 5.74) is 6.80. The van der Waals surface area contributed by atoms with E-state index in [-0.39, 0.29) is 0 Å². The molecule has 1 aliphatic carbocycles. The smallest absolute Gasteiger partial charge is 0.0478 e. The van der Waals surface area contributed by atoms with Crippen LogP contribution in [0.1, 0.15) is 55.1 Å². The quantitative estimate of drug-likeness (QED) is 0.522. The molecule has 1 atom stereocenters. The molecule has 1 aromatic heterocycles. The molecule has 0 fully saturated rings. The van der Waals surface area contributed by atoms with Crippen LogP contribution in [-0.2, 0) is 13.0 Å². The molecule has 0 radical (unpaired) electrons. The summed E-state index contributed by atoms with van der Waals surface area (Å²) < 4.78 is 1.15. The zero-order valence-corrected chi connectivity index (χ0v) is 16.9. The van der Waals surface area contributed by atoms with E-state index in [0.717, 1.165) is 11.0 Å². The lowest BCUT2D eigenvalue weighted by molar-refractivity contribution is 0.452. The molecule has 3 heteroatoms. The van der Waals surface area contributed by atoms with Gasteiger partial charge in [0, 0.05) is 33.7 Å². The third-order valence-corrected chi connectivity index (χ3v) is 5.34. The zero-order chi connectivity index (χ0) is 17.8. The van der Waals surface area contributed by atoms with Crippen molar-refractivity contribution in [3.05, 3.63) is 69.3 Å². The van der Waals surface area contributed by atoms with Gasteiger partial charge in [-0.1, -0.05) is 59.6 Å². The van der Waals surface area contributed by atoms with Gasteiger partial charge in [0.25, 0.3) is 0 Å². The summed E-state index contributed by atoms with van der Waals surface area (Å²) >= 11 is 3.60. The first-order chi connectivity index (χ1) is 12.2. The van der Waals surface area contributed by atoms with Crippen molar-refractivity contribution in [1.29, 1.82) is 0 Å². The summed E-state index contributed by atoms with van der Waals surface area (Å²) in [6.07, 6.45) is 3.62. The van der Waals surface area contributed by atoms with E-state index in [9.17, 15) is 0 Å². The minimum absolute atomic E-state index is 0.422. The van der Waals surface area contributed by atoms with Gasteiger partial charge in [-0.2, -0.15) is 0 Å². The monoisotopic (exact) mass is 398 g/mol. The number of H-pyrrole nitrogens is 1. The molecular weight excluding hydrogens is 372 g/mol. The van der Waals surface area contributed by atoms with Gasteiger partial charge >= 0.3 is 0 Å². The van der Waals surface area contributed by atoms with Crippen molar-refractivity contribution in [2.75, 3.05) is 0 Å². The summed E-state index contributed by atoms with van der Waals surface area (Å²) in [6, 6.07) is 15.8. The van der Waals surface area contributed by atoms with Crippen molar-refractivity contribution < 1.29 is 0 Å². The highest BCUT2D eigenvalue weighted by atomic mass is 79.9.